The molecule has 19 heavy (non-hydrogen) atoms. The Bertz CT molecular complexity index is 462. The lowest BCUT2D eigenvalue weighted by atomic mass is 10.1. The second-order valence-electron chi connectivity index (χ2n) is 4.21. The van der Waals surface area contributed by atoms with Crippen molar-refractivity contribution in [2.24, 2.45) is 10.9 Å². The molecule has 0 radical (unpaired) electrons. The number of aryl methyl sites for hydroxylation is 1. The van der Waals surface area contributed by atoms with Gasteiger partial charge < -0.3 is 20.6 Å². The highest BCUT2D eigenvalue weighted by atomic mass is 16.5. The van der Waals surface area contributed by atoms with Crippen molar-refractivity contribution >= 4 is 11.7 Å². The van der Waals surface area contributed by atoms with Gasteiger partial charge in [-0.3, -0.25) is 0 Å². The second-order valence-corrected chi connectivity index (χ2v) is 4.21. The smallest absolute Gasteiger partial charge is 0.174 e. The molecule has 0 amide bonds. The van der Waals surface area contributed by atoms with Gasteiger partial charge >= 0.3 is 0 Å². The van der Waals surface area contributed by atoms with Gasteiger partial charge in [0.1, 0.15) is 0 Å². The largest absolute Gasteiger partial charge is 0.409 e. The average Bonchev–Trinajstić information content (AvgIpc) is 2.41. The van der Waals surface area contributed by atoms with Crippen LogP contribution in [0.3, 0.4) is 0 Å². The normalized spacial score (nSPS) is 11.7. The maximum absolute atomic E-state index is 8.90. The summed E-state index contributed by atoms with van der Waals surface area (Å²) in [7, 11) is 1.87. The standard InChI is InChI=1S/C12H21N5O2/c1-5-19-7-6-17(4)12-10(11(13)16-18)8(2)9(3)14-15-12/h18H,5-7H2,1-4H3,(H2,13,16). The summed E-state index contributed by atoms with van der Waals surface area (Å²) >= 11 is 0. The molecule has 0 bridgehead atoms. The van der Waals surface area contributed by atoms with Gasteiger partial charge in [0, 0.05) is 20.2 Å². The maximum atomic E-state index is 8.90. The van der Waals surface area contributed by atoms with Crippen LogP contribution in [0, 0.1) is 13.8 Å². The lowest BCUT2D eigenvalue weighted by Gasteiger charge is -2.21. The number of nitrogens with zero attached hydrogens (tertiary/aromatic N) is 4. The fourth-order valence-corrected chi connectivity index (χ4v) is 1.67. The Morgan fingerprint density at radius 3 is 2.68 bits per heavy atom. The molecule has 0 saturated heterocycles. The number of nitrogens with two attached hydrogens (primary N) is 1. The first-order valence-corrected chi connectivity index (χ1v) is 6.13. The van der Waals surface area contributed by atoms with Crippen molar-refractivity contribution in [3.05, 3.63) is 16.8 Å². The van der Waals surface area contributed by atoms with Crippen LogP contribution in [-0.2, 0) is 4.74 Å². The van der Waals surface area contributed by atoms with Crippen molar-refractivity contribution in [2.45, 2.75) is 20.8 Å². The Morgan fingerprint density at radius 2 is 2.11 bits per heavy atom. The number of amidine groups is 1. The number of anilines is 1. The molecular formula is C12H21N5O2. The number of hydrogen-bond acceptors (Lipinski definition) is 6. The third-order valence-corrected chi connectivity index (χ3v) is 2.94. The fraction of sp³-hybridized carbons (Fsp3) is 0.583. The summed E-state index contributed by atoms with van der Waals surface area (Å²) in [5, 5.41) is 20.2. The van der Waals surface area contributed by atoms with E-state index in [1.54, 1.807) is 0 Å². The van der Waals surface area contributed by atoms with Gasteiger partial charge in [-0.05, 0) is 26.3 Å². The number of ether oxygens (including phenoxy) is 1. The van der Waals surface area contributed by atoms with Crippen molar-refractivity contribution < 1.29 is 9.94 Å². The molecule has 7 nitrogen and oxygen atoms in total. The summed E-state index contributed by atoms with van der Waals surface area (Å²) < 4.78 is 5.31. The molecule has 0 aromatic carbocycles. The molecule has 0 spiro atoms. The predicted octanol–water partition coefficient (Wildman–Crippen LogP) is 0.661. The summed E-state index contributed by atoms with van der Waals surface area (Å²) in [5.74, 6) is 0.617. The van der Waals surface area contributed by atoms with E-state index in [2.05, 4.69) is 15.4 Å². The molecule has 7 heteroatoms. The summed E-state index contributed by atoms with van der Waals surface area (Å²) in [4.78, 5) is 1.88. The van der Waals surface area contributed by atoms with E-state index in [1.807, 2.05) is 32.7 Å². The van der Waals surface area contributed by atoms with E-state index >= 15 is 0 Å². The van der Waals surface area contributed by atoms with Crippen LogP contribution in [0.5, 0.6) is 0 Å². The van der Waals surface area contributed by atoms with E-state index in [9.17, 15) is 0 Å². The molecule has 0 aliphatic heterocycles. The van der Waals surface area contributed by atoms with Gasteiger partial charge in [-0.15, -0.1) is 5.10 Å². The summed E-state index contributed by atoms with van der Waals surface area (Å²) in [6, 6.07) is 0. The fourth-order valence-electron chi connectivity index (χ4n) is 1.67. The average molecular weight is 267 g/mol. The molecule has 0 aliphatic rings. The molecule has 1 aromatic heterocycles. The molecular weight excluding hydrogens is 246 g/mol. The number of rotatable bonds is 6. The van der Waals surface area contributed by atoms with Gasteiger partial charge in [0.25, 0.3) is 0 Å². The first-order valence-electron chi connectivity index (χ1n) is 6.13. The Balaban J connectivity index is 3.09. The lowest BCUT2D eigenvalue weighted by molar-refractivity contribution is 0.154. The Kier molecular flexibility index (Phi) is 5.50. The minimum absolute atomic E-state index is 0.0359. The van der Waals surface area contributed by atoms with Crippen LogP contribution in [-0.4, -0.2) is 48.0 Å². The van der Waals surface area contributed by atoms with Crippen molar-refractivity contribution in [2.75, 3.05) is 31.7 Å². The first-order chi connectivity index (χ1) is 9.02. The van der Waals surface area contributed by atoms with E-state index in [0.29, 0.717) is 31.1 Å². The van der Waals surface area contributed by atoms with Crippen LogP contribution in [0.2, 0.25) is 0 Å². The van der Waals surface area contributed by atoms with Crippen LogP contribution >= 0.6 is 0 Å². The van der Waals surface area contributed by atoms with E-state index in [-0.39, 0.29) is 5.84 Å². The third kappa shape index (κ3) is 3.54. The highest BCUT2D eigenvalue weighted by molar-refractivity contribution is 6.02. The number of aromatic nitrogens is 2. The lowest BCUT2D eigenvalue weighted by Crippen LogP contribution is -2.29. The first kappa shape index (κ1) is 15.2. The van der Waals surface area contributed by atoms with Crippen LogP contribution < -0.4 is 10.6 Å². The predicted molar refractivity (Wildman–Crippen MR) is 73.8 cm³/mol. The van der Waals surface area contributed by atoms with E-state index in [1.165, 1.54) is 0 Å². The number of hydrogen-bond donors (Lipinski definition) is 2. The highest BCUT2D eigenvalue weighted by Gasteiger charge is 2.18. The van der Waals surface area contributed by atoms with Crippen LogP contribution in [0.4, 0.5) is 5.82 Å². The molecule has 106 valence electrons. The topological polar surface area (TPSA) is 96.9 Å². The van der Waals surface area contributed by atoms with Gasteiger partial charge in [0.15, 0.2) is 11.7 Å². The molecule has 1 aromatic rings. The number of oxime groups is 1. The molecule has 3 N–H and O–H groups in total. The van der Waals surface area contributed by atoms with Crippen molar-refractivity contribution in [1.29, 1.82) is 0 Å². The summed E-state index contributed by atoms with van der Waals surface area (Å²) in [5.41, 5.74) is 7.94. The maximum Gasteiger partial charge on any atom is 0.174 e. The monoisotopic (exact) mass is 267 g/mol. The quantitative estimate of drug-likeness (QED) is 0.258. The summed E-state index contributed by atoms with van der Waals surface area (Å²) in [6.07, 6.45) is 0. The van der Waals surface area contributed by atoms with Crippen molar-refractivity contribution in [3.63, 3.8) is 0 Å². The van der Waals surface area contributed by atoms with Gasteiger partial charge in [-0.1, -0.05) is 5.16 Å². The van der Waals surface area contributed by atoms with E-state index < -0.39 is 0 Å². The minimum Gasteiger partial charge on any atom is -0.409 e. The van der Waals surface area contributed by atoms with Gasteiger partial charge in [-0.25, -0.2) is 0 Å². The van der Waals surface area contributed by atoms with Crippen LogP contribution in [0.15, 0.2) is 5.16 Å². The highest BCUT2D eigenvalue weighted by Crippen LogP contribution is 2.20. The minimum atomic E-state index is 0.0359. The molecule has 0 saturated carbocycles. The third-order valence-electron chi connectivity index (χ3n) is 2.94. The molecule has 0 unspecified atom stereocenters. The summed E-state index contributed by atoms with van der Waals surface area (Å²) in [6.45, 7) is 7.54. The Morgan fingerprint density at radius 1 is 1.42 bits per heavy atom. The molecule has 0 atom stereocenters. The van der Waals surface area contributed by atoms with Gasteiger partial charge in [-0.2, -0.15) is 5.10 Å². The van der Waals surface area contributed by atoms with Crippen molar-refractivity contribution in [1.82, 2.24) is 10.2 Å². The van der Waals surface area contributed by atoms with Crippen molar-refractivity contribution in [3.8, 4) is 0 Å². The SMILES string of the molecule is CCOCCN(C)c1nnc(C)c(C)c1C(N)=NO. The van der Waals surface area contributed by atoms with E-state index in [0.717, 1.165) is 11.3 Å². The molecule has 1 heterocycles. The van der Waals surface area contributed by atoms with Crippen LogP contribution in [0.1, 0.15) is 23.7 Å². The van der Waals surface area contributed by atoms with Crippen LogP contribution in [0.25, 0.3) is 0 Å². The molecule has 0 fully saturated rings. The Labute approximate surface area is 113 Å². The molecule has 1 rings (SSSR count). The zero-order valence-corrected chi connectivity index (χ0v) is 11.8. The zero-order valence-electron chi connectivity index (χ0n) is 11.8. The Hall–Kier alpha value is -1.89. The molecule has 0 aliphatic carbocycles. The second kappa shape index (κ2) is 6.89. The van der Waals surface area contributed by atoms with Gasteiger partial charge in [0.05, 0.1) is 17.9 Å². The van der Waals surface area contributed by atoms with Gasteiger partial charge in [0.2, 0.25) is 0 Å². The van der Waals surface area contributed by atoms with E-state index in [4.69, 9.17) is 15.7 Å². The zero-order chi connectivity index (χ0) is 14.4. The number of likely N-dealkylation sites (N-methyl/N-ethyl adjacent to an activating group) is 1.